The van der Waals surface area contributed by atoms with E-state index in [1.807, 2.05) is 13.0 Å². The Morgan fingerprint density at radius 1 is 1.09 bits per heavy atom. The molecule has 0 aliphatic heterocycles. The number of amides is 2. The summed E-state index contributed by atoms with van der Waals surface area (Å²) in [6, 6.07) is 10.3. The highest BCUT2D eigenvalue weighted by molar-refractivity contribution is 6.34. The van der Waals surface area contributed by atoms with Crippen LogP contribution in [0.3, 0.4) is 0 Å². The maximum absolute atomic E-state index is 12.0. The van der Waals surface area contributed by atoms with Gasteiger partial charge in [-0.3, -0.25) is 30.6 Å². The molecule has 7 nitrogen and oxygen atoms in total. The molecular weight excluding hydrogens is 322 g/mol. The maximum atomic E-state index is 12.0. The van der Waals surface area contributed by atoms with E-state index < -0.39 is 16.7 Å². The van der Waals surface area contributed by atoms with Crippen LogP contribution in [-0.2, 0) is 0 Å². The molecule has 0 saturated carbocycles. The van der Waals surface area contributed by atoms with Gasteiger partial charge in [0, 0.05) is 17.7 Å². The second-order valence-electron chi connectivity index (χ2n) is 4.70. The van der Waals surface area contributed by atoms with Crippen LogP contribution < -0.4 is 10.9 Å². The van der Waals surface area contributed by atoms with E-state index in [1.54, 1.807) is 18.2 Å². The summed E-state index contributed by atoms with van der Waals surface area (Å²) < 4.78 is 0. The van der Waals surface area contributed by atoms with Crippen LogP contribution in [0.5, 0.6) is 0 Å². The predicted molar refractivity (Wildman–Crippen MR) is 84.2 cm³/mol. The fourth-order valence-electron chi connectivity index (χ4n) is 1.84. The molecule has 23 heavy (non-hydrogen) atoms. The van der Waals surface area contributed by atoms with Crippen LogP contribution in [0.15, 0.2) is 42.5 Å². The van der Waals surface area contributed by atoms with E-state index in [2.05, 4.69) is 10.9 Å². The Kier molecular flexibility index (Phi) is 4.92. The van der Waals surface area contributed by atoms with Crippen molar-refractivity contribution >= 4 is 29.1 Å². The summed E-state index contributed by atoms with van der Waals surface area (Å²) in [6.45, 7) is 1.84. The van der Waals surface area contributed by atoms with Crippen molar-refractivity contribution in [3.05, 3.63) is 74.3 Å². The first-order chi connectivity index (χ1) is 10.9. The predicted octanol–water partition coefficient (Wildman–Crippen LogP) is 2.63. The minimum Gasteiger partial charge on any atom is -0.267 e. The first-order valence-electron chi connectivity index (χ1n) is 6.50. The van der Waals surface area contributed by atoms with Crippen molar-refractivity contribution in [2.45, 2.75) is 6.92 Å². The van der Waals surface area contributed by atoms with Crippen molar-refractivity contribution in [3.63, 3.8) is 0 Å². The van der Waals surface area contributed by atoms with Gasteiger partial charge >= 0.3 is 0 Å². The summed E-state index contributed by atoms with van der Waals surface area (Å²) in [4.78, 5) is 33.9. The second-order valence-corrected chi connectivity index (χ2v) is 5.11. The molecule has 0 bridgehead atoms. The third-order valence-corrected chi connectivity index (χ3v) is 3.29. The summed E-state index contributed by atoms with van der Waals surface area (Å²) in [7, 11) is 0. The summed E-state index contributed by atoms with van der Waals surface area (Å²) in [5.74, 6) is -1.16. The smallest absolute Gasteiger partial charge is 0.267 e. The molecule has 0 aliphatic carbocycles. The molecule has 0 saturated heterocycles. The lowest BCUT2D eigenvalue weighted by Crippen LogP contribution is -2.41. The molecular formula is C15H12ClN3O4. The van der Waals surface area contributed by atoms with Crippen molar-refractivity contribution in [3.8, 4) is 0 Å². The van der Waals surface area contributed by atoms with Crippen molar-refractivity contribution in [1.29, 1.82) is 0 Å². The Morgan fingerprint density at radius 3 is 2.39 bits per heavy atom. The number of nitrogens with zero attached hydrogens (tertiary/aromatic N) is 1. The molecule has 0 fully saturated rings. The van der Waals surface area contributed by atoms with Crippen LogP contribution in [-0.4, -0.2) is 16.7 Å². The molecule has 2 rings (SSSR count). The standard InChI is InChI=1S/C15H12ClN3O4/c1-9-3-2-4-10(7-9)14(20)17-18-15(21)12-6-5-11(19(22)23)8-13(12)16/h2-8H,1H3,(H,17,20)(H,18,21). The van der Waals surface area contributed by atoms with Gasteiger partial charge in [0.05, 0.1) is 15.5 Å². The summed E-state index contributed by atoms with van der Waals surface area (Å²) >= 11 is 5.84. The van der Waals surface area contributed by atoms with Crippen molar-refractivity contribution < 1.29 is 14.5 Å². The summed E-state index contributed by atoms with van der Waals surface area (Å²) in [5.41, 5.74) is 5.55. The van der Waals surface area contributed by atoms with Gasteiger partial charge in [0.2, 0.25) is 0 Å². The lowest BCUT2D eigenvalue weighted by molar-refractivity contribution is -0.384. The van der Waals surface area contributed by atoms with Gasteiger partial charge in [-0.25, -0.2) is 0 Å². The largest absolute Gasteiger partial charge is 0.271 e. The molecule has 0 aromatic heterocycles. The number of hydrogen-bond acceptors (Lipinski definition) is 4. The minimum absolute atomic E-state index is 0.0156. The number of non-ortho nitro benzene ring substituents is 1. The Hall–Kier alpha value is -2.93. The van der Waals surface area contributed by atoms with Crippen molar-refractivity contribution in [2.24, 2.45) is 0 Å². The number of benzene rings is 2. The van der Waals surface area contributed by atoms with Gasteiger partial charge in [-0.15, -0.1) is 0 Å². The quantitative estimate of drug-likeness (QED) is 0.665. The molecule has 2 aromatic carbocycles. The van der Waals surface area contributed by atoms with Crippen LogP contribution >= 0.6 is 11.6 Å². The summed E-state index contributed by atoms with van der Waals surface area (Å²) in [5, 5.41) is 10.5. The highest BCUT2D eigenvalue weighted by Crippen LogP contribution is 2.22. The van der Waals surface area contributed by atoms with Gasteiger partial charge in [0.25, 0.3) is 17.5 Å². The number of hydrogen-bond donors (Lipinski definition) is 2. The second kappa shape index (κ2) is 6.89. The molecule has 0 atom stereocenters. The number of aryl methyl sites for hydroxylation is 1. The maximum Gasteiger partial charge on any atom is 0.271 e. The van der Waals surface area contributed by atoms with E-state index in [0.717, 1.165) is 17.7 Å². The first kappa shape index (κ1) is 16.4. The average molecular weight is 334 g/mol. The van der Waals surface area contributed by atoms with Gasteiger partial charge < -0.3 is 0 Å². The topological polar surface area (TPSA) is 101 Å². The fraction of sp³-hybridized carbons (Fsp3) is 0.0667. The third kappa shape index (κ3) is 4.04. The molecule has 0 heterocycles. The summed E-state index contributed by atoms with van der Waals surface area (Å²) in [6.07, 6.45) is 0. The number of rotatable bonds is 3. The van der Waals surface area contributed by atoms with E-state index in [9.17, 15) is 19.7 Å². The number of hydrazine groups is 1. The van der Waals surface area contributed by atoms with Crippen molar-refractivity contribution in [2.75, 3.05) is 0 Å². The molecule has 0 aliphatic rings. The number of carbonyl (C=O) groups excluding carboxylic acids is 2. The molecule has 0 radical (unpaired) electrons. The highest BCUT2D eigenvalue weighted by Gasteiger charge is 2.15. The molecule has 2 aromatic rings. The monoisotopic (exact) mass is 333 g/mol. The molecule has 8 heteroatoms. The molecule has 0 spiro atoms. The van der Waals surface area contributed by atoms with Gasteiger partial charge in [0.1, 0.15) is 0 Å². The van der Waals surface area contributed by atoms with E-state index in [4.69, 9.17) is 11.6 Å². The normalized spacial score (nSPS) is 10.0. The van der Waals surface area contributed by atoms with E-state index in [-0.39, 0.29) is 16.3 Å². The number of nitro groups is 1. The van der Waals surface area contributed by atoms with E-state index >= 15 is 0 Å². The molecule has 2 amide bonds. The van der Waals surface area contributed by atoms with E-state index in [1.165, 1.54) is 6.07 Å². The van der Waals surface area contributed by atoms with Gasteiger partial charge in [-0.2, -0.15) is 0 Å². The van der Waals surface area contributed by atoms with Crippen LogP contribution in [0, 0.1) is 17.0 Å². The minimum atomic E-state index is -0.675. The van der Waals surface area contributed by atoms with Gasteiger partial charge in [0.15, 0.2) is 0 Å². The Morgan fingerprint density at radius 2 is 1.78 bits per heavy atom. The van der Waals surface area contributed by atoms with Crippen LogP contribution in [0.2, 0.25) is 5.02 Å². The van der Waals surface area contributed by atoms with Crippen LogP contribution in [0.1, 0.15) is 26.3 Å². The van der Waals surface area contributed by atoms with Gasteiger partial charge in [-0.1, -0.05) is 29.3 Å². The molecule has 2 N–H and O–H groups in total. The number of halogens is 1. The number of nitrogens with one attached hydrogen (secondary N) is 2. The fourth-order valence-corrected chi connectivity index (χ4v) is 2.10. The molecule has 118 valence electrons. The van der Waals surface area contributed by atoms with Crippen LogP contribution in [0.4, 0.5) is 5.69 Å². The number of carbonyl (C=O) groups is 2. The Balaban J connectivity index is 2.05. The number of nitro benzene ring substituents is 1. The zero-order valence-electron chi connectivity index (χ0n) is 12.0. The highest BCUT2D eigenvalue weighted by atomic mass is 35.5. The van der Waals surface area contributed by atoms with E-state index in [0.29, 0.717) is 5.56 Å². The van der Waals surface area contributed by atoms with Crippen molar-refractivity contribution in [1.82, 2.24) is 10.9 Å². The average Bonchev–Trinajstić information content (AvgIpc) is 2.52. The first-order valence-corrected chi connectivity index (χ1v) is 6.87. The third-order valence-electron chi connectivity index (χ3n) is 2.98. The van der Waals surface area contributed by atoms with Gasteiger partial charge in [-0.05, 0) is 25.1 Å². The Bertz CT molecular complexity index is 792. The van der Waals surface area contributed by atoms with Crippen LogP contribution in [0.25, 0.3) is 0 Å². The lowest BCUT2D eigenvalue weighted by Gasteiger charge is -2.08. The Labute approximate surface area is 136 Å². The molecule has 0 unspecified atom stereocenters. The zero-order valence-corrected chi connectivity index (χ0v) is 12.8. The lowest BCUT2D eigenvalue weighted by atomic mass is 10.1. The SMILES string of the molecule is Cc1cccc(C(=O)NNC(=O)c2ccc([N+](=O)[O-])cc2Cl)c1. The zero-order chi connectivity index (χ0) is 17.0.